The maximum atomic E-state index is 11.8. The van der Waals surface area contributed by atoms with Gasteiger partial charge in [-0.3, -0.25) is 0 Å². The van der Waals surface area contributed by atoms with Crippen LogP contribution in [-0.4, -0.2) is 34.1 Å². The van der Waals surface area contributed by atoms with Crippen LogP contribution in [0.15, 0.2) is 0 Å². The summed E-state index contributed by atoms with van der Waals surface area (Å²) >= 11 is 2.43. The van der Waals surface area contributed by atoms with Gasteiger partial charge in [-0.2, -0.15) is 0 Å². The van der Waals surface area contributed by atoms with Crippen LogP contribution in [0, 0.1) is 11.3 Å². The topological polar surface area (TPSA) is 29.5 Å². The molecule has 0 aromatic rings. The SMILES string of the molecule is CC(C)(C)OC(=O)N1CC2CC2(CI)C1. The molecule has 86 valence electrons. The fraction of sp³-hybridized carbons (Fsp3) is 0.909. The maximum absolute atomic E-state index is 11.8. The van der Waals surface area contributed by atoms with Crippen molar-refractivity contribution >= 4 is 28.7 Å². The van der Waals surface area contributed by atoms with Crippen LogP contribution in [0.5, 0.6) is 0 Å². The number of ether oxygens (including phenoxy) is 1. The van der Waals surface area contributed by atoms with Crippen molar-refractivity contribution in [3.8, 4) is 0 Å². The van der Waals surface area contributed by atoms with Crippen molar-refractivity contribution in [3.63, 3.8) is 0 Å². The van der Waals surface area contributed by atoms with E-state index in [-0.39, 0.29) is 11.7 Å². The number of halogens is 1. The van der Waals surface area contributed by atoms with Gasteiger partial charge in [-0.15, -0.1) is 0 Å². The summed E-state index contributed by atoms with van der Waals surface area (Å²) < 4.78 is 6.53. The predicted octanol–water partition coefficient (Wildman–Crippen LogP) is 2.68. The lowest BCUT2D eigenvalue weighted by molar-refractivity contribution is 0.0265. The van der Waals surface area contributed by atoms with Crippen LogP contribution >= 0.6 is 22.6 Å². The first-order valence-corrected chi connectivity index (χ1v) is 6.93. The lowest BCUT2D eigenvalue weighted by atomic mass is 10.1. The van der Waals surface area contributed by atoms with Crippen LogP contribution in [0.4, 0.5) is 4.79 Å². The second kappa shape index (κ2) is 3.50. The number of piperidine rings is 1. The lowest BCUT2D eigenvalue weighted by Crippen LogP contribution is -2.37. The van der Waals surface area contributed by atoms with Crippen molar-refractivity contribution in [1.29, 1.82) is 0 Å². The Hall–Kier alpha value is 0. The number of fused-ring (bicyclic) bond motifs is 1. The van der Waals surface area contributed by atoms with Gasteiger partial charge in [-0.05, 0) is 33.1 Å². The number of rotatable bonds is 1. The largest absolute Gasteiger partial charge is 0.444 e. The number of likely N-dealkylation sites (tertiary alicyclic amines) is 1. The number of nitrogens with zero attached hydrogens (tertiary/aromatic N) is 1. The fourth-order valence-electron chi connectivity index (χ4n) is 2.27. The predicted molar refractivity (Wildman–Crippen MR) is 67.2 cm³/mol. The summed E-state index contributed by atoms with van der Waals surface area (Å²) in [5, 5.41) is 0. The van der Waals surface area contributed by atoms with E-state index < -0.39 is 0 Å². The monoisotopic (exact) mass is 323 g/mol. The zero-order valence-electron chi connectivity index (χ0n) is 9.55. The highest BCUT2D eigenvalue weighted by molar-refractivity contribution is 14.1. The van der Waals surface area contributed by atoms with Gasteiger partial charge in [0.25, 0.3) is 0 Å². The van der Waals surface area contributed by atoms with E-state index in [4.69, 9.17) is 4.74 Å². The molecule has 0 spiro atoms. The maximum Gasteiger partial charge on any atom is 0.410 e. The first-order valence-electron chi connectivity index (χ1n) is 5.40. The van der Waals surface area contributed by atoms with Gasteiger partial charge >= 0.3 is 6.09 Å². The van der Waals surface area contributed by atoms with E-state index >= 15 is 0 Å². The van der Waals surface area contributed by atoms with E-state index in [2.05, 4.69) is 22.6 Å². The van der Waals surface area contributed by atoms with Gasteiger partial charge < -0.3 is 9.64 Å². The molecule has 2 rings (SSSR count). The first kappa shape index (κ1) is 11.5. The molecule has 1 amide bonds. The Bertz CT molecular complexity index is 283. The van der Waals surface area contributed by atoms with Gasteiger partial charge in [0.1, 0.15) is 5.60 Å². The summed E-state index contributed by atoms with van der Waals surface area (Å²) in [6, 6.07) is 0. The zero-order chi connectivity index (χ0) is 11.3. The Balaban J connectivity index is 1.90. The van der Waals surface area contributed by atoms with Crippen molar-refractivity contribution in [2.45, 2.75) is 32.8 Å². The van der Waals surface area contributed by atoms with Crippen LogP contribution in [0.1, 0.15) is 27.2 Å². The molecule has 3 nitrogen and oxygen atoms in total. The minimum atomic E-state index is -0.374. The second-order valence-corrected chi connectivity index (χ2v) is 6.52. The van der Waals surface area contributed by atoms with Gasteiger partial charge in [-0.1, -0.05) is 22.6 Å². The Morgan fingerprint density at radius 2 is 2.27 bits per heavy atom. The third-order valence-corrected chi connectivity index (χ3v) is 4.74. The first-order chi connectivity index (χ1) is 6.86. The molecule has 2 atom stereocenters. The van der Waals surface area contributed by atoms with E-state index in [0.717, 1.165) is 23.4 Å². The van der Waals surface area contributed by atoms with Crippen LogP contribution < -0.4 is 0 Å². The quantitative estimate of drug-likeness (QED) is 0.548. The van der Waals surface area contributed by atoms with Gasteiger partial charge in [0, 0.05) is 22.9 Å². The highest BCUT2D eigenvalue weighted by Gasteiger charge is 2.60. The standard InChI is InChI=1S/C11H18INO2/c1-10(2,3)15-9(14)13-5-8-4-11(8,6-12)7-13/h8H,4-7H2,1-3H3. The number of amides is 1. The highest BCUT2D eigenvalue weighted by atomic mass is 127. The van der Waals surface area contributed by atoms with E-state index in [1.807, 2.05) is 25.7 Å². The Labute approximate surface area is 105 Å². The molecule has 0 aromatic carbocycles. The molecule has 4 heteroatoms. The smallest absolute Gasteiger partial charge is 0.410 e. The van der Waals surface area contributed by atoms with Gasteiger partial charge in [-0.25, -0.2) is 4.79 Å². The molecule has 0 bridgehead atoms. The summed E-state index contributed by atoms with van der Waals surface area (Å²) in [4.78, 5) is 13.7. The third-order valence-electron chi connectivity index (χ3n) is 3.22. The van der Waals surface area contributed by atoms with E-state index in [1.165, 1.54) is 6.42 Å². The summed E-state index contributed by atoms with van der Waals surface area (Å²) in [5.41, 5.74) is 0.0683. The van der Waals surface area contributed by atoms with Crippen LogP contribution in [0.3, 0.4) is 0 Å². The molecule has 15 heavy (non-hydrogen) atoms. The number of carbonyl (C=O) groups excluding carboxylic acids is 1. The Morgan fingerprint density at radius 3 is 2.73 bits per heavy atom. The molecule has 1 aliphatic heterocycles. The molecule has 0 radical (unpaired) electrons. The van der Waals surface area contributed by atoms with Crippen LogP contribution in [0.2, 0.25) is 0 Å². The van der Waals surface area contributed by atoms with Crippen LogP contribution in [0.25, 0.3) is 0 Å². The normalized spacial score (nSPS) is 33.9. The second-order valence-electron chi connectivity index (χ2n) is 5.76. The Kier molecular flexibility index (Phi) is 2.68. The number of alkyl halides is 1. The van der Waals surface area contributed by atoms with Crippen molar-refractivity contribution in [3.05, 3.63) is 0 Å². The number of hydrogen-bond acceptors (Lipinski definition) is 2. The van der Waals surface area contributed by atoms with E-state index in [9.17, 15) is 4.79 Å². The molecular formula is C11H18INO2. The summed E-state index contributed by atoms with van der Waals surface area (Å²) in [6.45, 7) is 7.54. The van der Waals surface area contributed by atoms with Crippen LogP contribution in [-0.2, 0) is 4.74 Å². The van der Waals surface area contributed by atoms with Crippen molar-refractivity contribution in [2.24, 2.45) is 11.3 Å². The average molecular weight is 323 g/mol. The molecule has 1 aliphatic carbocycles. The minimum absolute atomic E-state index is 0.140. The molecule has 2 fully saturated rings. The van der Waals surface area contributed by atoms with E-state index in [0.29, 0.717) is 5.41 Å². The summed E-state index contributed by atoms with van der Waals surface area (Å²) in [7, 11) is 0. The van der Waals surface area contributed by atoms with E-state index in [1.54, 1.807) is 0 Å². The zero-order valence-corrected chi connectivity index (χ0v) is 11.7. The van der Waals surface area contributed by atoms with Crippen molar-refractivity contribution < 1.29 is 9.53 Å². The van der Waals surface area contributed by atoms with Crippen molar-refractivity contribution in [2.75, 3.05) is 17.5 Å². The average Bonchev–Trinajstić information content (AvgIpc) is 2.66. The molecule has 2 aliphatic rings. The minimum Gasteiger partial charge on any atom is -0.444 e. The molecule has 1 heterocycles. The summed E-state index contributed by atoms with van der Waals surface area (Å²) in [5.74, 6) is 0.738. The molecule has 1 saturated carbocycles. The number of carbonyl (C=O) groups is 1. The molecule has 2 unspecified atom stereocenters. The number of hydrogen-bond donors (Lipinski definition) is 0. The van der Waals surface area contributed by atoms with Gasteiger partial charge in [0.2, 0.25) is 0 Å². The Morgan fingerprint density at radius 1 is 1.60 bits per heavy atom. The third kappa shape index (κ3) is 2.24. The van der Waals surface area contributed by atoms with Gasteiger partial charge in [0.15, 0.2) is 0 Å². The highest BCUT2D eigenvalue weighted by Crippen LogP contribution is 2.58. The summed E-state index contributed by atoms with van der Waals surface area (Å²) in [6.07, 6.45) is 1.16. The molecule has 1 saturated heterocycles. The fourth-order valence-corrected chi connectivity index (χ4v) is 3.44. The molecule has 0 aromatic heterocycles. The molecular weight excluding hydrogens is 305 g/mol. The lowest BCUT2D eigenvalue weighted by Gasteiger charge is -2.26. The van der Waals surface area contributed by atoms with Gasteiger partial charge in [0.05, 0.1) is 0 Å². The molecule has 0 N–H and O–H groups in total. The van der Waals surface area contributed by atoms with Crippen molar-refractivity contribution in [1.82, 2.24) is 4.90 Å².